The zero-order chi connectivity index (χ0) is 20.7. The van der Waals surface area contributed by atoms with Crippen molar-refractivity contribution in [1.82, 2.24) is 4.90 Å². The first-order chi connectivity index (χ1) is 13.3. The summed E-state index contributed by atoms with van der Waals surface area (Å²) in [4.78, 5) is 26.5. The highest BCUT2D eigenvalue weighted by molar-refractivity contribution is 6.31. The van der Waals surface area contributed by atoms with E-state index < -0.39 is 6.04 Å². The fourth-order valence-electron chi connectivity index (χ4n) is 2.48. The second-order valence-electron chi connectivity index (χ2n) is 6.21. The van der Waals surface area contributed by atoms with Crippen LogP contribution < -0.4 is 20.1 Å². The number of ether oxygens (including phenoxy) is 2. The quantitative estimate of drug-likeness (QED) is 0.704. The maximum absolute atomic E-state index is 12.6. The molecule has 2 aromatic carbocycles. The van der Waals surface area contributed by atoms with Crippen molar-refractivity contribution in [1.29, 1.82) is 0 Å². The first-order valence-corrected chi connectivity index (χ1v) is 9.00. The van der Waals surface area contributed by atoms with Crippen molar-refractivity contribution in [2.45, 2.75) is 13.0 Å². The molecule has 0 saturated carbocycles. The Morgan fingerprint density at radius 3 is 2.54 bits per heavy atom. The number of carbonyl (C=O) groups is 2. The molecule has 2 N–H and O–H groups in total. The average molecular weight is 406 g/mol. The molecule has 2 aromatic rings. The largest absolute Gasteiger partial charge is 0.497 e. The molecule has 0 bridgehead atoms. The van der Waals surface area contributed by atoms with Crippen LogP contribution in [0.2, 0.25) is 5.02 Å². The van der Waals surface area contributed by atoms with Gasteiger partial charge < -0.3 is 20.1 Å². The summed E-state index contributed by atoms with van der Waals surface area (Å²) < 4.78 is 10.4. The molecule has 0 spiro atoms. The van der Waals surface area contributed by atoms with Gasteiger partial charge in [0.25, 0.3) is 0 Å². The minimum Gasteiger partial charge on any atom is -0.497 e. The van der Waals surface area contributed by atoms with Gasteiger partial charge in [-0.05, 0) is 44.3 Å². The summed E-state index contributed by atoms with van der Waals surface area (Å²) in [5, 5.41) is 6.05. The van der Waals surface area contributed by atoms with Gasteiger partial charge in [-0.2, -0.15) is 0 Å². The number of nitrogens with one attached hydrogen (secondary N) is 2. The number of hydrogen-bond acceptors (Lipinski definition) is 5. The Balaban J connectivity index is 1.95. The highest BCUT2D eigenvalue weighted by Crippen LogP contribution is 2.27. The maximum Gasteiger partial charge on any atom is 0.241 e. The van der Waals surface area contributed by atoms with Crippen LogP contribution in [0.4, 0.5) is 11.4 Å². The Labute approximate surface area is 169 Å². The van der Waals surface area contributed by atoms with E-state index in [1.165, 1.54) is 7.11 Å². The molecule has 0 aliphatic rings. The number of likely N-dealkylation sites (N-methyl/N-ethyl adjacent to an activating group) is 1. The Morgan fingerprint density at radius 1 is 1.11 bits per heavy atom. The van der Waals surface area contributed by atoms with Crippen LogP contribution in [0, 0.1) is 0 Å². The minimum atomic E-state index is -0.556. The molecule has 8 heteroatoms. The summed E-state index contributed by atoms with van der Waals surface area (Å²) in [6.45, 7) is 1.75. The number of halogens is 1. The summed E-state index contributed by atoms with van der Waals surface area (Å²) in [6, 6.07) is 11.5. The van der Waals surface area contributed by atoms with Gasteiger partial charge in [-0.15, -0.1) is 0 Å². The Kier molecular flexibility index (Phi) is 7.66. The maximum atomic E-state index is 12.6. The van der Waals surface area contributed by atoms with E-state index in [0.29, 0.717) is 27.9 Å². The van der Waals surface area contributed by atoms with Crippen molar-refractivity contribution < 1.29 is 19.1 Å². The molecule has 1 atom stereocenters. The number of carbonyl (C=O) groups excluding carboxylic acids is 2. The van der Waals surface area contributed by atoms with Crippen molar-refractivity contribution in [2.75, 3.05) is 38.4 Å². The highest BCUT2D eigenvalue weighted by Gasteiger charge is 2.21. The van der Waals surface area contributed by atoms with Crippen molar-refractivity contribution in [2.24, 2.45) is 0 Å². The van der Waals surface area contributed by atoms with Gasteiger partial charge in [0.1, 0.15) is 11.5 Å². The summed E-state index contributed by atoms with van der Waals surface area (Å²) in [5.41, 5.74) is 1.10. The second kappa shape index (κ2) is 9.96. The SMILES string of the molecule is COc1cccc(NC(=O)CN(C)[C@H](C)C(=O)Nc2cc(Cl)ccc2OC)c1. The Bertz CT molecular complexity index is 844. The number of benzene rings is 2. The Morgan fingerprint density at radius 2 is 1.86 bits per heavy atom. The summed E-state index contributed by atoms with van der Waals surface area (Å²) in [7, 11) is 4.77. The van der Waals surface area contributed by atoms with Gasteiger partial charge in [0.2, 0.25) is 11.8 Å². The molecule has 2 amide bonds. The molecular weight excluding hydrogens is 382 g/mol. The van der Waals surface area contributed by atoms with Crippen LogP contribution in [-0.2, 0) is 9.59 Å². The molecule has 0 aromatic heterocycles. The summed E-state index contributed by atoms with van der Waals surface area (Å²) in [5.74, 6) is 0.630. The van der Waals surface area contributed by atoms with Crippen LogP contribution in [0.1, 0.15) is 6.92 Å². The third kappa shape index (κ3) is 5.87. The first kappa shape index (κ1) is 21.5. The molecule has 0 fully saturated rings. The van der Waals surface area contributed by atoms with E-state index in [2.05, 4.69) is 10.6 Å². The van der Waals surface area contributed by atoms with Gasteiger partial charge >= 0.3 is 0 Å². The minimum absolute atomic E-state index is 0.0402. The van der Waals surface area contributed by atoms with Gasteiger partial charge in [-0.1, -0.05) is 17.7 Å². The number of hydrogen-bond donors (Lipinski definition) is 2. The fraction of sp³-hybridized carbons (Fsp3) is 0.300. The lowest BCUT2D eigenvalue weighted by atomic mass is 10.2. The number of nitrogens with zero attached hydrogens (tertiary/aromatic N) is 1. The molecule has 0 heterocycles. The van der Waals surface area contributed by atoms with Gasteiger partial charge in [0, 0.05) is 16.8 Å². The third-order valence-corrected chi connectivity index (χ3v) is 4.44. The second-order valence-corrected chi connectivity index (χ2v) is 6.64. The zero-order valence-corrected chi connectivity index (χ0v) is 17.0. The smallest absolute Gasteiger partial charge is 0.241 e. The molecule has 0 aliphatic carbocycles. The van der Waals surface area contributed by atoms with Gasteiger partial charge in [-0.25, -0.2) is 0 Å². The van der Waals surface area contributed by atoms with E-state index in [1.807, 2.05) is 0 Å². The number of amides is 2. The van der Waals surface area contributed by atoms with E-state index in [0.717, 1.165) is 0 Å². The van der Waals surface area contributed by atoms with E-state index >= 15 is 0 Å². The first-order valence-electron chi connectivity index (χ1n) is 8.62. The van der Waals surface area contributed by atoms with Gasteiger partial charge in [0.15, 0.2) is 0 Å². The number of anilines is 2. The van der Waals surface area contributed by atoms with Crippen LogP contribution in [0.3, 0.4) is 0 Å². The summed E-state index contributed by atoms with van der Waals surface area (Å²) >= 11 is 5.99. The fourth-order valence-corrected chi connectivity index (χ4v) is 2.65. The molecule has 0 saturated heterocycles. The van der Waals surface area contributed by atoms with Crippen LogP contribution in [-0.4, -0.2) is 50.6 Å². The lowest BCUT2D eigenvalue weighted by Gasteiger charge is -2.23. The molecule has 0 radical (unpaired) electrons. The molecule has 28 heavy (non-hydrogen) atoms. The summed E-state index contributed by atoms with van der Waals surface area (Å²) in [6.07, 6.45) is 0. The average Bonchev–Trinajstić information content (AvgIpc) is 2.67. The zero-order valence-electron chi connectivity index (χ0n) is 16.3. The van der Waals surface area contributed by atoms with Crippen molar-refractivity contribution in [3.8, 4) is 11.5 Å². The topological polar surface area (TPSA) is 79.9 Å². The standard InChI is InChI=1S/C20H24ClN3O4/c1-13(20(26)23-17-10-14(21)8-9-18(17)28-4)24(2)12-19(25)22-15-6-5-7-16(11-15)27-3/h5-11,13H,12H2,1-4H3,(H,22,25)(H,23,26)/t13-/m1/s1. The van der Waals surface area contributed by atoms with Crippen molar-refractivity contribution in [3.05, 3.63) is 47.5 Å². The Hall–Kier alpha value is -2.77. The molecular formula is C20H24ClN3O4. The lowest BCUT2D eigenvalue weighted by Crippen LogP contribution is -2.43. The van der Waals surface area contributed by atoms with Crippen LogP contribution >= 0.6 is 11.6 Å². The van der Waals surface area contributed by atoms with Crippen LogP contribution in [0.15, 0.2) is 42.5 Å². The van der Waals surface area contributed by atoms with Crippen LogP contribution in [0.5, 0.6) is 11.5 Å². The van der Waals surface area contributed by atoms with E-state index in [-0.39, 0.29) is 18.4 Å². The molecule has 150 valence electrons. The number of methoxy groups -OCH3 is 2. The normalized spacial score (nSPS) is 11.6. The van der Waals surface area contributed by atoms with E-state index in [1.54, 1.807) is 68.4 Å². The van der Waals surface area contributed by atoms with Crippen molar-refractivity contribution in [3.63, 3.8) is 0 Å². The monoisotopic (exact) mass is 405 g/mol. The molecule has 0 unspecified atom stereocenters. The predicted molar refractivity (Wildman–Crippen MR) is 110 cm³/mol. The van der Waals surface area contributed by atoms with E-state index in [4.69, 9.17) is 21.1 Å². The third-order valence-electron chi connectivity index (χ3n) is 4.21. The van der Waals surface area contributed by atoms with Crippen molar-refractivity contribution >= 4 is 34.8 Å². The highest BCUT2D eigenvalue weighted by atomic mass is 35.5. The molecule has 7 nitrogen and oxygen atoms in total. The molecule has 0 aliphatic heterocycles. The van der Waals surface area contributed by atoms with Gasteiger partial charge in [-0.3, -0.25) is 14.5 Å². The van der Waals surface area contributed by atoms with Gasteiger partial charge in [0.05, 0.1) is 32.5 Å². The van der Waals surface area contributed by atoms with Crippen LogP contribution in [0.25, 0.3) is 0 Å². The predicted octanol–water partition coefficient (Wildman–Crippen LogP) is 3.25. The van der Waals surface area contributed by atoms with E-state index in [9.17, 15) is 9.59 Å². The lowest BCUT2D eigenvalue weighted by molar-refractivity contribution is -0.122. The molecule has 2 rings (SSSR count). The number of rotatable bonds is 8.